The molecule has 4 N–H and O–H groups in total. The third-order valence-electron chi connectivity index (χ3n) is 2.31. The standard InChI is InChI=1S/C12H12FN3O2/c1-18-10-3-7(13)2-9(5-10)16-12(17)11-4-8(14)6-15-11/h2-6,15H,14H2,1H3,(H,16,17). The number of nitrogen functional groups attached to an aromatic ring is 1. The Morgan fingerprint density at radius 1 is 1.39 bits per heavy atom. The Morgan fingerprint density at radius 2 is 2.17 bits per heavy atom. The molecule has 2 rings (SSSR count). The Morgan fingerprint density at radius 3 is 2.78 bits per heavy atom. The Kier molecular flexibility index (Phi) is 3.18. The number of benzene rings is 1. The first-order valence-corrected chi connectivity index (χ1v) is 5.18. The number of rotatable bonds is 3. The summed E-state index contributed by atoms with van der Waals surface area (Å²) in [5, 5.41) is 2.54. The van der Waals surface area contributed by atoms with Crippen LogP contribution in [0.25, 0.3) is 0 Å². The number of anilines is 2. The second-order valence-electron chi connectivity index (χ2n) is 3.68. The maximum absolute atomic E-state index is 13.2. The van der Waals surface area contributed by atoms with E-state index in [2.05, 4.69) is 10.3 Å². The summed E-state index contributed by atoms with van der Waals surface area (Å²) in [7, 11) is 1.42. The van der Waals surface area contributed by atoms with E-state index in [0.717, 1.165) is 0 Å². The van der Waals surface area contributed by atoms with Crippen LogP contribution in [-0.4, -0.2) is 18.0 Å². The first-order chi connectivity index (χ1) is 8.58. The van der Waals surface area contributed by atoms with Gasteiger partial charge in [0.2, 0.25) is 0 Å². The van der Waals surface area contributed by atoms with E-state index in [-0.39, 0.29) is 0 Å². The number of aromatic nitrogens is 1. The van der Waals surface area contributed by atoms with Crippen molar-refractivity contribution in [2.24, 2.45) is 0 Å². The molecule has 0 fully saturated rings. The zero-order chi connectivity index (χ0) is 13.1. The molecular formula is C12H12FN3O2. The fourth-order valence-electron chi connectivity index (χ4n) is 1.49. The summed E-state index contributed by atoms with van der Waals surface area (Å²) >= 11 is 0. The number of amides is 1. The summed E-state index contributed by atoms with van der Waals surface area (Å²) in [6, 6.07) is 5.44. The lowest BCUT2D eigenvalue weighted by Crippen LogP contribution is -2.12. The summed E-state index contributed by atoms with van der Waals surface area (Å²) in [6.07, 6.45) is 1.50. The van der Waals surface area contributed by atoms with Gasteiger partial charge in [-0.25, -0.2) is 4.39 Å². The maximum Gasteiger partial charge on any atom is 0.272 e. The number of ether oxygens (including phenoxy) is 1. The van der Waals surface area contributed by atoms with Crippen LogP contribution in [0.4, 0.5) is 15.8 Å². The number of H-pyrrole nitrogens is 1. The molecule has 1 amide bonds. The van der Waals surface area contributed by atoms with Gasteiger partial charge in [-0.15, -0.1) is 0 Å². The van der Waals surface area contributed by atoms with Crippen molar-refractivity contribution >= 4 is 17.3 Å². The van der Waals surface area contributed by atoms with Crippen molar-refractivity contribution in [3.05, 3.63) is 42.0 Å². The summed E-state index contributed by atoms with van der Waals surface area (Å²) in [5.74, 6) is -0.564. The number of carbonyl (C=O) groups excluding carboxylic acids is 1. The van der Waals surface area contributed by atoms with Crippen molar-refractivity contribution in [1.29, 1.82) is 0 Å². The van der Waals surface area contributed by atoms with Crippen LogP contribution in [0.2, 0.25) is 0 Å². The highest BCUT2D eigenvalue weighted by atomic mass is 19.1. The van der Waals surface area contributed by atoms with Gasteiger partial charge in [-0.3, -0.25) is 4.79 Å². The highest BCUT2D eigenvalue weighted by Gasteiger charge is 2.09. The largest absolute Gasteiger partial charge is 0.497 e. The minimum absolute atomic E-state index is 0.302. The molecule has 2 aromatic rings. The van der Waals surface area contributed by atoms with Crippen LogP contribution >= 0.6 is 0 Å². The van der Waals surface area contributed by atoms with E-state index < -0.39 is 11.7 Å². The first kappa shape index (κ1) is 12.0. The van der Waals surface area contributed by atoms with Gasteiger partial charge in [-0.2, -0.15) is 0 Å². The van der Waals surface area contributed by atoms with Crippen LogP contribution in [0.1, 0.15) is 10.5 Å². The minimum atomic E-state index is -0.490. The zero-order valence-corrected chi connectivity index (χ0v) is 9.66. The molecule has 0 atom stereocenters. The fourth-order valence-corrected chi connectivity index (χ4v) is 1.49. The van der Waals surface area contributed by atoms with E-state index in [0.29, 0.717) is 22.8 Å². The van der Waals surface area contributed by atoms with Crippen molar-refractivity contribution in [2.75, 3.05) is 18.2 Å². The Hall–Kier alpha value is -2.50. The summed E-state index contributed by atoms with van der Waals surface area (Å²) in [4.78, 5) is 14.5. The molecule has 0 bridgehead atoms. The summed E-state index contributed by atoms with van der Waals surface area (Å²) in [5.41, 5.74) is 6.56. The molecule has 0 unspecified atom stereocenters. The molecule has 0 aliphatic heterocycles. The number of halogens is 1. The number of hydrogen-bond donors (Lipinski definition) is 3. The molecule has 1 aromatic heterocycles. The van der Waals surface area contributed by atoms with Gasteiger partial charge in [0.1, 0.15) is 17.3 Å². The van der Waals surface area contributed by atoms with Crippen LogP contribution in [0, 0.1) is 5.82 Å². The van der Waals surface area contributed by atoms with Gasteiger partial charge in [0.15, 0.2) is 0 Å². The van der Waals surface area contributed by atoms with Crippen molar-refractivity contribution in [3.8, 4) is 5.75 Å². The lowest BCUT2D eigenvalue weighted by Gasteiger charge is -2.06. The third-order valence-corrected chi connectivity index (χ3v) is 2.31. The van der Waals surface area contributed by atoms with E-state index in [1.54, 1.807) is 0 Å². The van der Waals surface area contributed by atoms with Gasteiger partial charge in [-0.05, 0) is 12.1 Å². The van der Waals surface area contributed by atoms with Gasteiger partial charge in [-0.1, -0.05) is 0 Å². The third kappa shape index (κ3) is 2.60. The molecule has 5 nitrogen and oxygen atoms in total. The molecule has 6 heteroatoms. The van der Waals surface area contributed by atoms with Crippen LogP contribution in [0.3, 0.4) is 0 Å². The Balaban J connectivity index is 2.18. The van der Waals surface area contributed by atoms with Gasteiger partial charge in [0, 0.05) is 29.7 Å². The molecule has 1 heterocycles. The lowest BCUT2D eigenvalue weighted by atomic mass is 10.2. The average molecular weight is 249 g/mol. The lowest BCUT2D eigenvalue weighted by molar-refractivity contribution is 0.102. The number of methoxy groups -OCH3 is 1. The summed E-state index contributed by atoms with van der Waals surface area (Å²) in [6.45, 7) is 0. The van der Waals surface area contributed by atoms with Crippen molar-refractivity contribution < 1.29 is 13.9 Å². The second-order valence-corrected chi connectivity index (χ2v) is 3.68. The fraction of sp³-hybridized carbons (Fsp3) is 0.0833. The molecule has 18 heavy (non-hydrogen) atoms. The highest BCUT2D eigenvalue weighted by Crippen LogP contribution is 2.20. The molecule has 0 saturated carbocycles. The van der Waals surface area contributed by atoms with E-state index >= 15 is 0 Å². The molecule has 94 valence electrons. The van der Waals surface area contributed by atoms with Crippen molar-refractivity contribution in [2.45, 2.75) is 0 Å². The summed E-state index contributed by atoms with van der Waals surface area (Å²) < 4.78 is 18.1. The van der Waals surface area contributed by atoms with Crippen LogP contribution in [0.5, 0.6) is 5.75 Å². The maximum atomic E-state index is 13.2. The number of aromatic amines is 1. The van der Waals surface area contributed by atoms with E-state index in [1.807, 2.05) is 0 Å². The van der Waals surface area contributed by atoms with Crippen molar-refractivity contribution in [1.82, 2.24) is 4.98 Å². The van der Waals surface area contributed by atoms with E-state index in [9.17, 15) is 9.18 Å². The Bertz CT molecular complexity index is 580. The van der Waals surface area contributed by atoms with E-state index in [1.165, 1.54) is 37.6 Å². The van der Waals surface area contributed by atoms with Crippen LogP contribution < -0.4 is 15.8 Å². The zero-order valence-electron chi connectivity index (χ0n) is 9.66. The predicted molar refractivity (Wildman–Crippen MR) is 66.1 cm³/mol. The number of nitrogens with one attached hydrogen (secondary N) is 2. The van der Waals surface area contributed by atoms with Gasteiger partial charge < -0.3 is 20.8 Å². The normalized spacial score (nSPS) is 10.1. The van der Waals surface area contributed by atoms with Crippen LogP contribution in [0.15, 0.2) is 30.5 Å². The van der Waals surface area contributed by atoms with Crippen molar-refractivity contribution in [3.63, 3.8) is 0 Å². The second kappa shape index (κ2) is 4.79. The van der Waals surface area contributed by atoms with Crippen LogP contribution in [-0.2, 0) is 0 Å². The smallest absolute Gasteiger partial charge is 0.272 e. The monoisotopic (exact) mass is 249 g/mol. The molecule has 0 aliphatic rings. The SMILES string of the molecule is COc1cc(F)cc(NC(=O)c2cc(N)c[nH]2)c1. The molecule has 0 spiro atoms. The quantitative estimate of drug-likeness (QED) is 0.778. The predicted octanol–water partition coefficient (Wildman–Crippen LogP) is 2.00. The number of nitrogens with two attached hydrogens (primary N) is 1. The minimum Gasteiger partial charge on any atom is -0.497 e. The van der Waals surface area contributed by atoms with Gasteiger partial charge in [0.05, 0.1) is 7.11 Å². The van der Waals surface area contributed by atoms with Gasteiger partial charge >= 0.3 is 0 Å². The highest BCUT2D eigenvalue weighted by molar-refractivity contribution is 6.03. The Labute approximate surface area is 103 Å². The molecule has 0 aliphatic carbocycles. The molecule has 0 radical (unpaired) electrons. The topological polar surface area (TPSA) is 80.1 Å². The number of carbonyl (C=O) groups is 1. The first-order valence-electron chi connectivity index (χ1n) is 5.18. The average Bonchev–Trinajstić information content (AvgIpc) is 2.75. The van der Waals surface area contributed by atoms with E-state index in [4.69, 9.17) is 10.5 Å². The number of hydrogen-bond acceptors (Lipinski definition) is 3. The molecule has 1 aromatic carbocycles. The molecule has 0 saturated heterocycles. The molecular weight excluding hydrogens is 237 g/mol. The van der Waals surface area contributed by atoms with Gasteiger partial charge in [0.25, 0.3) is 5.91 Å².